The van der Waals surface area contributed by atoms with Gasteiger partial charge in [0.05, 0.1) is 11.2 Å². The van der Waals surface area contributed by atoms with Crippen molar-refractivity contribution >= 4 is 11.2 Å². The predicted molar refractivity (Wildman–Crippen MR) is 37.7 cm³/mol. The maximum Gasteiger partial charge on any atom is 0.578 e. The van der Waals surface area contributed by atoms with Crippen molar-refractivity contribution in [3.8, 4) is 0 Å². The van der Waals surface area contributed by atoms with Gasteiger partial charge >= 0.3 is 5.51 Å². The van der Waals surface area contributed by atoms with Gasteiger partial charge in [0.1, 0.15) is 0 Å². The van der Waals surface area contributed by atoms with Crippen LogP contribution in [-0.2, 0) is 11.2 Å². The molecule has 0 spiro atoms. The van der Waals surface area contributed by atoms with Gasteiger partial charge in [0.15, 0.2) is 4.90 Å². The fourth-order valence-corrected chi connectivity index (χ4v) is 1.27. The lowest BCUT2D eigenvalue weighted by atomic mass is 10.4. The Morgan fingerprint density at radius 2 is 2.08 bits per heavy atom. The van der Waals surface area contributed by atoms with Crippen LogP contribution in [0.5, 0.6) is 0 Å². The van der Waals surface area contributed by atoms with Crippen molar-refractivity contribution in [2.24, 2.45) is 0 Å². The number of benzene rings is 1. The quantitative estimate of drug-likeness (QED) is 0.626. The van der Waals surface area contributed by atoms with Crippen LogP contribution in [0, 0.1) is 6.07 Å². The number of hydrogen-bond acceptors (Lipinski definition) is 1. The summed E-state index contributed by atoms with van der Waals surface area (Å²) >= 11 is -2.93. The molecule has 0 saturated carbocycles. The third-order valence-electron chi connectivity index (χ3n) is 1.10. The molecular weight excluding hydrogens is 189 g/mol. The second kappa shape index (κ2) is 3.37. The molecule has 1 radical (unpaired) electrons. The molecule has 0 saturated heterocycles. The second-order valence-corrected chi connectivity index (χ2v) is 3.43. The van der Waals surface area contributed by atoms with Gasteiger partial charge in [0, 0.05) is 6.07 Å². The molecule has 0 aromatic heterocycles. The van der Waals surface area contributed by atoms with Crippen molar-refractivity contribution in [2.75, 3.05) is 0 Å². The van der Waals surface area contributed by atoms with Crippen LogP contribution in [0.1, 0.15) is 0 Å². The maximum absolute atomic E-state index is 11.8. The summed E-state index contributed by atoms with van der Waals surface area (Å²) in [6, 6.07) is 7.43. The minimum absolute atomic E-state index is 0.273. The summed E-state index contributed by atoms with van der Waals surface area (Å²) in [6.45, 7) is 0. The molecule has 12 heavy (non-hydrogen) atoms. The van der Waals surface area contributed by atoms with Gasteiger partial charge in [-0.3, -0.25) is 0 Å². The fraction of sp³-hybridized carbons (Fsp3) is 0.143. The van der Waals surface area contributed by atoms with Crippen LogP contribution in [-0.4, -0.2) is 10.1 Å². The van der Waals surface area contributed by atoms with Gasteiger partial charge in [-0.1, -0.05) is 12.1 Å². The van der Waals surface area contributed by atoms with Crippen LogP contribution in [0.4, 0.5) is 13.2 Å². The molecule has 0 fully saturated rings. The van der Waals surface area contributed by atoms with Gasteiger partial charge in [-0.2, -0.15) is 0 Å². The summed E-state index contributed by atoms with van der Waals surface area (Å²) in [6.07, 6.45) is 0. The second-order valence-electron chi connectivity index (χ2n) is 1.95. The molecule has 1 aromatic rings. The third kappa shape index (κ3) is 2.15. The van der Waals surface area contributed by atoms with E-state index in [1.807, 2.05) is 0 Å². The van der Waals surface area contributed by atoms with Crippen molar-refractivity contribution in [2.45, 2.75) is 10.4 Å². The van der Waals surface area contributed by atoms with Crippen molar-refractivity contribution in [1.29, 1.82) is 0 Å². The number of alkyl halides is 3. The first-order chi connectivity index (χ1) is 5.52. The molecule has 1 nitrogen and oxygen atoms in total. The minimum atomic E-state index is -4.69. The summed E-state index contributed by atoms with van der Waals surface area (Å²) < 4.78 is 46.1. The van der Waals surface area contributed by atoms with E-state index in [9.17, 15) is 17.7 Å². The number of rotatable bonds is 1. The Morgan fingerprint density at radius 1 is 1.42 bits per heavy atom. The molecule has 1 aromatic carbocycles. The van der Waals surface area contributed by atoms with E-state index >= 15 is 0 Å². The average Bonchev–Trinajstić information content (AvgIpc) is 2.03. The highest BCUT2D eigenvalue weighted by molar-refractivity contribution is 7.92. The molecule has 1 atom stereocenters. The zero-order valence-electron chi connectivity index (χ0n) is 5.76. The van der Waals surface area contributed by atoms with Crippen molar-refractivity contribution in [3.05, 3.63) is 30.3 Å². The molecule has 0 aliphatic heterocycles. The van der Waals surface area contributed by atoms with Gasteiger partial charge in [-0.05, 0) is 12.1 Å². The Labute approximate surface area is 70.4 Å². The van der Waals surface area contributed by atoms with E-state index in [1.165, 1.54) is 12.1 Å². The summed E-state index contributed by atoms with van der Waals surface area (Å²) in [5.41, 5.74) is -4.69. The molecule has 1 rings (SSSR count). The van der Waals surface area contributed by atoms with Crippen LogP contribution >= 0.6 is 0 Å². The van der Waals surface area contributed by atoms with Crippen LogP contribution in [0.15, 0.2) is 29.2 Å². The highest BCUT2D eigenvalue weighted by atomic mass is 32.2. The molecule has 0 amide bonds. The Morgan fingerprint density at radius 3 is 2.50 bits per heavy atom. The van der Waals surface area contributed by atoms with Crippen molar-refractivity contribution in [1.82, 2.24) is 0 Å². The van der Waals surface area contributed by atoms with Crippen LogP contribution < -0.4 is 0 Å². The SMILES string of the molecule is [O-][S+](c1c[c]ccc1)C(F)(F)F. The summed E-state index contributed by atoms with van der Waals surface area (Å²) in [5.74, 6) is 0. The highest BCUT2D eigenvalue weighted by Crippen LogP contribution is 2.29. The average molecular weight is 193 g/mol. The Hall–Kier alpha value is -0.680. The van der Waals surface area contributed by atoms with Gasteiger partial charge < -0.3 is 4.55 Å². The van der Waals surface area contributed by atoms with Crippen LogP contribution in [0.25, 0.3) is 0 Å². The lowest BCUT2D eigenvalue weighted by molar-refractivity contribution is -0.0435. The molecule has 0 heterocycles. The van der Waals surface area contributed by atoms with E-state index in [0.717, 1.165) is 12.1 Å². The van der Waals surface area contributed by atoms with E-state index in [4.69, 9.17) is 0 Å². The van der Waals surface area contributed by atoms with E-state index in [0.29, 0.717) is 0 Å². The monoisotopic (exact) mass is 193 g/mol. The molecule has 0 aliphatic rings. The first-order valence-electron chi connectivity index (χ1n) is 2.96. The lowest BCUT2D eigenvalue weighted by Gasteiger charge is -2.11. The third-order valence-corrected chi connectivity index (χ3v) is 2.21. The largest absolute Gasteiger partial charge is 0.604 e. The van der Waals surface area contributed by atoms with E-state index in [1.54, 1.807) is 0 Å². The molecule has 0 aliphatic carbocycles. The summed E-state index contributed by atoms with van der Waals surface area (Å²) in [5, 5.41) is 0. The number of hydrogen-bond donors (Lipinski definition) is 0. The van der Waals surface area contributed by atoms with Crippen molar-refractivity contribution in [3.63, 3.8) is 0 Å². The standard InChI is InChI=1S/C7H4F3OS/c8-7(9,10)12(11)6-4-2-1-3-5-6/h1-2,4-5H. The van der Waals surface area contributed by atoms with Gasteiger partial charge in [0.25, 0.3) is 0 Å². The molecule has 1 unspecified atom stereocenters. The maximum atomic E-state index is 11.8. The Balaban J connectivity index is 2.86. The first-order valence-corrected chi connectivity index (χ1v) is 4.11. The molecular formula is C7H4F3OS. The van der Waals surface area contributed by atoms with Gasteiger partial charge in [-0.25, -0.2) is 0 Å². The fourth-order valence-electron chi connectivity index (χ4n) is 0.626. The molecule has 0 N–H and O–H groups in total. The smallest absolute Gasteiger partial charge is 0.578 e. The first kappa shape index (κ1) is 9.41. The highest BCUT2D eigenvalue weighted by Gasteiger charge is 2.45. The molecule has 0 bridgehead atoms. The zero-order chi connectivity index (χ0) is 9.19. The topological polar surface area (TPSA) is 23.1 Å². The predicted octanol–water partition coefficient (Wildman–Crippen LogP) is 2.11. The van der Waals surface area contributed by atoms with E-state index in [2.05, 4.69) is 6.07 Å². The van der Waals surface area contributed by atoms with Crippen molar-refractivity contribution < 1.29 is 17.7 Å². The summed E-state index contributed by atoms with van der Waals surface area (Å²) in [7, 11) is 0. The Bertz CT molecular complexity index is 247. The molecule has 65 valence electrons. The van der Waals surface area contributed by atoms with Gasteiger partial charge in [-0.15, -0.1) is 13.2 Å². The van der Waals surface area contributed by atoms with E-state index in [-0.39, 0.29) is 4.90 Å². The van der Waals surface area contributed by atoms with Crippen LogP contribution in [0.2, 0.25) is 0 Å². The molecule has 5 heteroatoms. The zero-order valence-corrected chi connectivity index (χ0v) is 6.58. The van der Waals surface area contributed by atoms with Gasteiger partial charge in [0.2, 0.25) is 0 Å². The minimum Gasteiger partial charge on any atom is -0.604 e. The Kier molecular flexibility index (Phi) is 2.64. The normalized spacial score (nSPS) is 14.3. The van der Waals surface area contributed by atoms with Crippen LogP contribution in [0.3, 0.4) is 0 Å². The lowest BCUT2D eigenvalue weighted by Crippen LogP contribution is -2.23. The number of halogens is 3. The summed E-state index contributed by atoms with van der Waals surface area (Å²) in [4.78, 5) is -0.273. The van der Waals surface area contributed by atoms with E-state index < -0.39 is 16.7 Å².